The molecule has 5 rings (SSSR count). The first kappa shape index (κ1) is 24.9. The Morgan fingerprint density at radius 2 is 1.53 bits per heavy atom. The zero-order valence-corrected chi connectivity index (χ0v) is 22.4. The smallest absolute Gasteiger partial charge is 0.200 e. The average molecular weight is 493 g/mol. The Kier molecular flexibility index (Phi) is 5.77. The Labute approximate surface area is 214 Å². The van der Waals surface area contributed by atoms with E-state index in [-0.39, 0.29) is 34.2 Å². The van der Waals surface area contributed by atoms with Crippen LogP contribution in [0.2, 0.25) is 0 Å². The van der Waals surface area contributed by atoms with Crippen LogP contribution in [0.25, 0.3) is 0 Å². The first-order valence-electron chi connectivity index (χ1n) is 13.2. The Balaban J connectivity index is 1.56. The van der Waals surface area contributed by atoms with E-state index in [0.717, 1.165) is 61.0 Å². The van der Waals surface area contributed by atoms with Crippen molar-refractivity contribution in [3.05, 3.63) is 52.6 Å². The summed E-state index contributed by atoms with van der Waals surface area (Å²) < 4.78 is 13.4. The van der Waals surface area contributed by atoms with Gasteiger partial charge in [0.15, 0.2) is 11.5 Å². The molecule has 2 aromatic rings. The van der Waals surface area contributed by atoms with Crippen LogP contribution in [0.1, 0.15) is 75.6 Å². The van der Waals surface area contributed by atoms with Crippen molar-refractivity contribution in [3.8, 4) is 28.7 Å². The molecule has 1 aliphatic carbocycles. The van der Waals surface area contributed by atoms with Gasteiger partial charge in [0.25, 0.3) is 0 Å². The minimum Gasteiger partial charge on any atom is -0.508 e. The summed E-state index contributed by atoms with van der Waals surface area (Å²) in [5.41, 5.74) is 3.27. The summed E-state index contributed by atoms with van der Waals surface area (Å²) in [6.45, 7) is 13.0. The van der Waals surface area contributed by atoms with Crippen LogP contribution in [0.3, 0.4) is 0 Å². The highest BCUT2D eigenvalue weighted by Crippen LogP contribution is 2.52. The molecule has 36 heavy (non-hydrogen) atoms. The molecule has 0 aromatic heterocycles. The number of hydrogen-bond acceptors (Lipinski definition) is 5. The van der Waals surface area contributed by atoms with Gasteiger partial charge in [0.1, 0.15) is 22.7 Å². The van der Waals surface area contributed by atoms with Crippen LogP contribution in [0.5, 0.6) is 28.7 Å². The number of rotatable bonds is 0. The second-order valence-electron chi connectivity index (χ2n) is 12.6. The first-order valence-corrected chi connectivity index (χ1v) is 13.2. The largest absolute Gasteiger partial charge is 0.508 e. The molecule has 0 saturated carbocycles. The van der Waals surface area contributed by atoms with E-state index in [1.54, 1.807) is 12.1 Å². The summed E-state index contributed by atoms with van der Waals surface area (Å²) in [4.78, 5) is 0. The quantitative estimate of drug-likeness (QED) is 0.275. The Morgan fingerprint density at radius 3 is 2.28 bits per heavy atom. The van der Waals surface area contributed by atoms with Crippen LogP contribution < -0.4 is 9.47 Å². The maximum Gasteiger partial charge on any atom is 0.200 e. The van der Waals surface area contributed by atoms with Crippen LogP contribution in [-0.4, -0.2) is 26.5 Å². The van der Waals surface area contributed by atoms with E-state index in [9.17, 15) is 15.3 Å². The zero-order valence-electron chi connectivity index (χ0n) is 22.4. The van der Waals surface area contributed by atoms with E-state index >= 15 is 0 Å². The van der Waals surface area contributed by atoms with Crippen molar-refractivity contribution in [1.29, 1.82) is 0 Å². The lowest BCUT2D eigenvalue weighted by Gasteiger charge is -2.47. The van der Waals surface area contributed by atoms with Crippen LogP contribution in [0.15, 0.2) is 30.4 Å². The van der Waals surface area contributed by atoms with E-state index in [0.29, 0.717) is 11.7 Å². The van der Waals surface area contributed by atoms with E-state index < -0.39 is 5.60 Å². The lowest BCUT2D eigenvalue weighted by molar-refractivity contribution is -0.0366. The Hall–Kier alpha value is -2.82. The molecule has 0 spiro atoms. The number of fused-ring (bicyclic) bond motifs is 4. The molecule has 5 nitrogen and oxygen atoms in total. The van der Waals surface area contributed by atoms with Crippen molar-refractivity contribution in [2.75, 3.05) is 0 Å². The third-order valence-electron chi connectivity index (χ3n) is 9.14. The average Bonchev–Trinajstić information content (AvgIpc) is 2.78. The van der Waals surface area contributed by atoms with Gasteiger partial charge < -0.3 is 24.8 Å². The molecule has 4 unspecified atom stereocenters. The molecule has 0 amide bonds. The molecule has 5 heteroatoms. The van der Waals surface area contributed by atoms with Crippen molar-refractivity contribution < 1.29 is 24.8 Å². The molecule has 2 aromatic carbocycles. The summed E-state index contributed by atoms with van der Waals surface area (Å²) in [5.74, 6) is 1.72. The minimum atomic E-state index is -0.519. The number of aryl methyl sites for hydroxylation is 2. The number of ether oxygens (including phenoxy) is 2. The molecule has 2 heterocycles. The van der Waals surface area contributed by atoms with Crippen LogP contribution in [-0.2, 0) is 12.8 Å². The second-order valence-corrected chi connectivity index (χ2v) is 12.6. The fraction of sp³-hybridized carbons (Fsp3) is 0.548. The van der Waals surface area contributed by atoms with Gasteiger partial charge in [-0.2, -0.15) is 0 Å². The van der Waals surface area contributed by atoms with Gasteiger partial charge in [0.2, 0.25) is 5.75 Å². The van der Waals surface area contributed by atoms with Gasteiger partial charge in [-0.1, -0.05) is 26.0 Å². The zero-order chi connectivity index (χ0) is 26.0. The number of phenols is 3. The van der Waals surface area contributed by atoms with Crippen molar-refractivity contribution in [3.63, 3.8) is 0 Å². The van der Waals surface area contributed by atoms with Gasteiger partial charge in [-0.05, 0) is 94.0 Å². The number of phenolic OH excluding ortho intramolecular Hbond substituents is 3. The molecule has 3 aliphatic rings. The molecular formula is C31H40O5. The monoisotopic (exact) mass is 492 g/mol. The standard InChI is InChI=1S/C31H40O5/c1-18-12-22(32)16-26-23(18)15-21-17-29(3,4)9-7-10-30(5)20(8-11-31(21,6)35-26)14-24-19(2)13-25(33)27(34)28(24)36-30/h7,9,12-13,16,20-21,32-34H,8,10-11,14-15,17H2,1-6H3. The molecule has 0 saturated heterocycles. The normalized spacial score (nSPS) is 30.9. The van der Waals surface area contributed by atoms with Gasteiger partial charge in [0, 0.05) is 29.9 Å². The van der Waals surface area contributed by atoms with Gasteiger partial charge in [-0.3, -0.25) is 0 Å². The van der Waals surface area contributed by atoms with Crippen molar-refractivity contribution in [2.24, 2.45) is 17.3 Å². The minimum absolute atomic E-state index is 0.0304. The predicted octanol–water partition coefficient (Wildman–Crippen LogP) is 6.90. The van der Waals surface area contributed by atoms with E-state index in [1.165, 1.54) is 5.56 Å². The van der Waals surface area contributed by atoms with E-state index in [1.807, 2.05) is 13.0 Å². The number of allylic oxidation sites excluding steroid dienone is 1. The summed E-state index contributed by atoms with van der Waals surface area (Å²) in [6, 6.07) is 5.22. The third-order valence-corrected chi connectivity index (χ3v) is 9.14. The lowest BCUT2D eigenvalue weighted by Crippen LogP contribution is -2.49. The molecule has 3 N–H and O–H groups in total. The van der Waals surface area contributed by atoms with Gasteiger partial charge >= 0.3 is 0 Å². The number of benzene rings is 2. The SMILES string of the molecule is Cc1cc(O)cc2c1CC1CC(C)(C)C=CCC3(C)Oc4c(O)c(O)cc(C)c4CC3CCC1(C)O2. The topological polar surface area (TPSA) is 79.2 Å². The third kappa shape index (κ3) is 4.21. The lowest BCUT2D eigenvalue weighted by atomic mass is 9.68. The van der Waals surface area contributed by atoms with Gasteiger partial charge in [0.05, 0.1) is 0 Å². The second kappa shape index (κ2) is 8.36. The highest BCUT2D eigenvalue weighted by atomic mass is 16.5. The fourth-order valence-corrected chi connectivity index (χ4v) is 6.79. The molecule has 194 valence electrons. The molecule has 2 aliphatic heterocycles. The van der Waals surface area contributed by atoms with Crippen LogP contribution in [0, 0.1) is 31.1 Å². The van der Waals surface area contributed by atoms with Gasteiger partial charge in [-0.25, -0.2) is 0 Å². The molecule has 0 bridgehead atoms. The first-order chi connectivity index (χ1) is 16.8. The van der Waals surface area contributed by atoms with E-state index in [4.69, 9.17) is 9.47 Å². The summed E-state index contributed by atoms with van der Waals surface area (Å²) in [5, 5.41) is 31.1. The summed E-state index contributed by atoms with van der Waals surface area (Å²) >= 11 is 0. The highest BCUT2D eigenvalue weighted by Gasteiger charge is 2.47. The predicted molar refractivity (Wildman–Crippen MR) is 141 cm³/mol. The Morgan fingerprint density at radius 1 is 0.833 bits per heavy atom. The molecule has 0 radical (unpaired) electrons. The Bertz CT molecular complexity index is 1230. The molecule has 4 atom stereocenters. The van der Waals surface area contributed by atoms with Crippen molar-refractivity contribution in [1.82, 2.24) is 0 Å². The maximum absolute atomic E-state index is 10.6. The highest BCUT2D eigenvalue weighted by molar-refractivity contribution is 5.58. The number of hydrogen-bond donors (Lipinski definition) is 3. The maximum atomic E-state index is 10.6. The van der Waals surface area contributed by atoms with E-state index in [2.05, 4.69) is 46.8 Å². The summed E-state index contributed by atoms with van der Waals surface area (Å²) in [6.07, 6.45) is 9.76. The van der Waals surface area contributed by atoms with Gasteiger partial charge in [-0.15, -0.1) is 0 Å². The van der Waals surface area contributed by atoms with Crippen molar-refractivity contribution in [2.45, 2.75) is 91.3 Å². The molecule has 0 fully saturated rings. The number of aromatic hydroxyl groups is 3. The van der Waals surface area contributed by atoms with Crippen molar-refractivity contribution >= 4 is 0 Å². The molecular weight excluding hydrogens is 452 g/mol. The van der Waals surface area contributed by atoms with Crippen LogP contribution in [0.4, 0.5) is 0 Å². The van der Waals surface area contributed by atoms with Crippen LogP contribution >= 0.6 is 0 Å². The summed E-state index contributed by atoms with van der Waals surface area (Å²) in [7, 11) is 0. The fourth-order valence-electron chi connectivity index (χ4n) is 6.79.